The van der Waals surface area contributed by atoms with Crippen LogP contribution >= 0.6 is 15.9 Å². The highest BCUT2D eigenvalue weighted by molar-refractivity contribution is 9.10. The SMILES string of the molecule is CC(C)(C)OC(=O)N(Cc1cc2ccc(Br)cc2n1C(=O)OC(C)(C)C)CC1CCC1. The molecule has 1 fully saturated rings. The fourth-order valence-corrected chi connectivity index (χ4v) is 3.93. The number of nitrogens with zero attached hydrogens (tertiary/aromatic N) is 2. The zero-order chi connectivity index (χ0) is 23.0. The molecule has 1 aliphatic rings. The van der Waals surface area contributed by atoms with Gasteiger partial charge in [-0.05, 0) is 78.5 Å². The van der Waals surface area contributed by atoms with Gasteiger partial charge in [0.25, 0.3) is 0 Å². The number of hydrogen-bond donors (Lipinski definition) is 0. The van der Waals surface area contributed by atoms with E-state index in [9.17, 15) is 9.59 Å². The Kier molecular flexibility index (Phi) is 6.75. The van der Waals surface area contributed by atoms with Crippen LogP contribution in [0.4, 0.5) is 9.59 Å². The summed E-state index contributed by atoms with van der Waals surface area (Å²) in [6.45, 7) is 12.0. The van der Waals surface area contributed by atoms with Crippen LogP contribution in [0.25, 0.3) is 10.9 Å². The smallest absolute Gasteiger partial charge is 0.419 e. The van der Waals surface area contributed by atoms with Crippen LogP contribution in [0.15, 0.2) is 28.7 Å². The van der Waals surface area contributed by atoms with Crippen molar-refractivity contribution in [2.24, 2.45) is 5.92 Å². The standard InChI is InChI=1S/C24H33BrN2O4/c1-23(2,3)30-21(28)26(14-16-8-7-9-16)15-19-12-17-10-11-18(25)13-20(17)27(19)22(29)31-24(4,5)6/h10-13,16H,7-9,14-15H2,1-6H3. The fraction of sp³-hybridized carbons (Fsp3) is 0.583. The molecule has 6 nitrogen and oxygen atoms in total. The molecule has 2 aromatic rings. The Balaban J connectivity index is 1.98. The minimum atomic E-state index is -0.631. The van der Waals surface area contributed by atoms with Gasteiger partial charge >= 0.3 is 12.2 Å². The van der Waals surface area contributed by atoms with Gasteiger partial charge in [-0.15, -0.1) is 0 Å². The van der Waals surface area contributed by atoms with Crippen molar-refractivity contribution in [1.29, 1.82) is 0 Å². The van der Waals surface area contributed by atoms with E-state index in [1.54, 1.807) is 9.47 Å². The summed E-state index contributed by atoms with van der Waals surface area (Å²) < 4.78 is 13.8. The number of fused-ring (bicyclic) bond motifs is 1. The predicted octanol–water partition coefficient (Wildman–Crippen LogP) is 6.72. The highest BCUT2D eigenvalue weighted by atomic mass is 79.9. The van der Waals surface area contributed by atoms with Gasteiger partial charge in [0.1, 0.15) is 11.2 Å². The van der Waals surface area contributed by atoms with Crippen LogP contribution in [0.5, 0.6) is 0 Å². The molecule has 31 heavy (non-hydrogen) atoms. The Morgan fingerprint density at radius 1 is 1.06 bits per heavy atom. The highest BCUT2D eigenvalue weighted by Gasteiger charge is 2.30. The van der Waals surface area contributed by atoms with Crippen LogP contribution in [0.1, 0.15) is 66.5 Å². The molecule has 0 bridgehead atoms. The van der Waals surface area contributed by atoms with Crippen LogP contribution in [-0.2, 0) is 16.0 Å². The number of halogens is 1. The molecule has 0 atom stereocenters. The third-order valence-corrected chi connectivity index (χ3v) is 5.62. The average Bonchev–Trinajstić information content (AvgIpc) is 2.90. The number of rotatable bonds is 4. The molecule has 1 aliphatic carbocycles. The molecule has 0 unspecified atom stereocenters. The molecule has 7 heteroatoms. The number of aromatic nitrogens is 1. The molecule has 0 N–H and O–H groups in total. The first-order chi connectivity index (χ1) is 14.3. The minimum Gasteiger partial charge on any atom is -0.444 e. The number of benzene rings is 1. The highest BCUT2D eigenvalue weighted by Crippen LogP contribution is 2.30. The van der Waals surface area contributed by atoms with Gasteiger partial charge in [0.2, 0.25) is 0 Å². The van der Waals surface area contributed by atoms with Crippen molar-refractivity contribution in [2.75, 3.05) is 6.54 Å². The van der Waals surface area contributed by atoms with Crippen LogP contribution in [-0.4, -0.2) is 39.4 Å². The summed E-state index contributed by atoms with van der Waals surface area (Å²) >= 11 is 3.49. The largest absolute Gasteiger partial charge is 0.444 e. The van der Waals surface area contributed by atoms with E-state index in [-0.39, 0.29) is 12.6 Å². The lowest BCUT2D eigenvalue weighted by Crippen LogP contribution is -2.41. The molecule has 1 amide bonds. The van der Waals surface area contributed by atoms with Gasteiger partial charge in [0.15, 0.2) is 0 Å². The van der Waals surface area contributed by atoms with Crippen molar-refractivity contribution in [3.05, 3.63) is 34.4 Å². The second-order valence-electron chi connectivity index (χ2n) is 10.3. The topological polar surface area (TPSA) is 60.8 Å². The van der Waals surface area contributed by atoms with Crippen molar-refractivity contribution < 1.29 is 19.1 Å². The lowest BCUT2D eigenvalue weighted by atomic mass is 9.85. The lowest BCUT2D eigenvalue weighted by molar-refractivity contribution is 0.0163. The Hall–Kier alpha value is -2.02. The van der Waals surface area contributed by atoms with E-state index in [0.717, 1.165) is 28.2 Å². The molecule has 0 radical (unpaired) electrons. The first-order valence-corrected chi connectivity index (χ1v) is 11.6. The van der Waals surface area contributed by atoms with E-state index in [1.165, 1.54) is 6.42 Å². The molecule has 0 spiro atoms. The third-order valence-electron chi connectivity index (χ3n) is 5.13. The normalized spacial score (nSPS) is 14.9. The summed E-state index contributed by atoms with van der Waals surface area (Å²) in [6.07, 6.45) is 2.60. The summed E-state index contributed by atoms with van der Waals surface area (Å²) in [5, 5.41) is 0.914. The number of carbonyl (C=O) groups is 2. The summed E-state index contributed by atoms with van der Waals surface area (Å²) in [4.78, 5) is 27.8. The quantitative estimate of drug-likeness (QED) is 0.474. The van der Waals surface area contributed by atoms with Crippen LogP contribution in [0, 0.1) is 5.92 Å². The maximum Gasteiger partial charge on any atom is 0.419 e. The Labute approximate surface area is 193 Å². The van der Waals surface area contributed by atoms with E-state index >= 15 is 0 Å². The number of hydrogen-bond acceptors (Lipinski definition) is 4. The van der Waals surface area contributed by atoms with E-state index in [0.29, 0.717) is 18.2 Å². The maximum absolute atomic E-state index is 13.1. The zero-order valence-corrected chi connectivity index (χ0v) is 20.9. The number of carbonyl (C=O) groups excluding carboxylic acids is 2. The summed E-state index contributed by atoms with van der Waals surface area (Å²) in [5.41, 5.74) is 0.227. The van der Waals surface area contributed by atoms with Gasteiger partial charge in [-0.3, -0.25) is 0 Å². The zero-order valence-electron chi connectivity index (χ0n) is 19.3. The maximum atomic E-state index is 13.1. The predicted molar refractivity (Wildman–Crippen MR) is 125 cm³/mol. The van der Waals surface area contributed by atoms with Crippen LogP contribution in [0.2, 0.25) is 0 Å². The van der Waals surface area contributed by atoms with Crippen molar-refractivity contribution in [3.63, 3.8) is 0 Å². The Morgan fingerprint density at radius 3 is 2.26 bits per heavy atom. The van der Waals surface area contributed by atoms with Gasteiger partial charge in [0.05, 0.1) is 12.1 Å². The van der Waals surface area contributed by atoms with E-state index in [1.807, 2.05) is 65.8 Å². The summed E-state index contributed by atoms with van der Waals surface area (Å²) in [6, 6.07) is 7.73. The molecule has 1 aromatic heterocycles. The number of amides is 1. The molecule has 0 saturated heterocycles. The van der Waals surface area contributed by atoms with Gasteiger partial charge in [-0.25, -0.2) is 14.2 Å². The molecular formula is C24H33BrN2O4. The van der Waals surface area contributed by atoms with Gasteiger partial charge in [0, 0.05) is 22.1 Å². The average molecular weight is 493 g/mol. The monoisotopic (exact) mass is 492 g/mol. The second-order valence-corrected chi connectivity index (χ2v) is 11.2. The molecule has 1 heterocycles. The van der Waals surface area contributed by atoms with Crippen molar-refractivity contribution >= 4 is 39.0 Å². The molecule has 3 rings (SSSR count). The van der Waals surface area contributed by atoms with Crippen LogP contribution in [0.3, 0.4) is 0 Å². The molecule has 1 saturated carbocycles. The fourth-order valence-electron chi connectivity index (χ4n) is 3.58. The third kappa shape index (κ3) is 6.25. The Bertz CT molecular complexity index is 964. The second kappa shape index (κ2) is 8.85. The summed E-state index contributed by atoms with van der Waals surface area (Å²) in [7, 11) is 0. The first kappa shape index (κ1) is 23.6. The molecule has 0 aliphatic heterocycles. The Morgan fingerprint density at radius 2 is 1.71 bits per heavy atom. The van der Waals surface area contributed by atoms with E-state index < -0.39 is 17.3 Å². The van der Waals surface area contributed by atoms with E-state index in [2.05, 4.69) is 15.9 Å². The van der Waals surface area contributed by atoms with Gasteiger partial charge < -0.3 is 14.4 Å². The molecular weight excluding hydrogens is 460 g/mol. The van der Waals surface area contributed by atoms with Gasteiger partial charge in [-0.2, -0.15) is 0 Å². The molecule has 1 aromatic carbocycles. The molecule has 170 valence electrons. The minimum absolute atomic E-state index is 0.275. The number of ether oxygens (including phenoxy) is 2. The first-order valence-electron chi connectivity index (χ1n) is 10.8. The lowest BCUT2D eigenvalue weighted by Gasteiger charge is -2.33. The van der Waals surface area contributed by atoms with Crippen molar-refractivity contribution in [3.8, 4) is 0 Å². The van der Waals surface area contributed by atoms with Crippen molar-refractivity contribution in [1.82, 2.24) is 9.47 Å². The van der Waals surface area contributed by atoms with Crippen LogP contribution < -0.4 is 0 Å². The summed E-state index contributed by atoms with van der Waals surface area (Å²) in [5.74, 6) is 0.473. The van der Waals surface area contributed by atoms with Crippen molar-refractivity contribution in [2.45, 2.75) is 78.6 Å². The van der Waals surface area contributed by atoms with Gasteiger partial charge in [-0.1, -0.05) is 28.4 Å². The van der Waals surface area contributed by atoms with E-state index in [4.69, 9.17) is 9.47 Å².